The van der Waals surface area contributed by atoms with Gasteiger partial charge >= 0.3 is 6.09 Å². The minimum Gasteiger partial charge on any atom is -0.444 e. The number of amides is 1. The number of aryl methyl sites for hydroxylation is 1. The Bertz CT molecular complexity index is 1030. The number of nitrogens with one attached hydrogen (secondary N) is 3. The number of thiophene rings is 1. The van der Waals surface area contributed by atoms with Crippen molar-refractivity contribution in [1.29, 1.82) is 0 Å². The van der Waals surface area contributed by atoms with Gasteiger partial charge in [-0.05, 0) is 52.0 Å². The van der Waals surface area contributed by atoms with E-state index in [9.17, 15) is 4.79 Å². The largest absolute Gasteiger partial charge is 0.444 e. The van der Waals surface area contributed by atoms with E-state index in [0.717, 1.165) is 53.5 Å². The first-order valence-electron chi connectivity index (χ1n) is 10.1. The van der Waals surface area contributed by atoms with Crippen molar-refractivity contribution < 1.29 is 9.53 Å². The van der Waals surface area contributed by atoms with Gasteiger partial charge < -0.3 is 20.3 Å². The molecule has 1 amide bonds. The number of rotatable bonds is 4. The maximum Gasteiger partial charge on any atom is 0.407 e. The van der Waals surface area contributed by atoms with Gasteiger partial charge in [0.2, 0.25) is 5.95 Å². The van der Waals surface area contributed by atoms with E-state index in [1.54, 1.807) is 11.3 Å². The Morgan fingerprint density at radius 3 is 2.73 bits per heavy atom. The molecule has 0 aromatic carbocycles. The van der Waals surface area contributed by atoms with Crippen molar-refractivity contribution in [3.05, 3.63) is 23.2 Å². The zero-order chi connectivity index (χ0) is 21.3. The molecule has 1 aliphatic rings. The van der Waals surface area contributed by atoms with Gasteiger partial charge in [-0.3, -0.25) is 5.10 Å². The Balaban J connectivity index is 1.45. The van der Waals surface area contributed by atoms with E-state index in [-0.39, 0.29) is 12.1 Å². The number of carbonyl (C=O) groups excluding carboxylic acids is 1. The van der Waals surface area contributed by atoms with Crippen LogP contribution in [0.2, 0.25) is 0 Å². The molecule has 0 aliphatic carbocycles. The van der Waals surface area contributed by atoms with Crippen LogP contribution in [0.3, 0.4) is 0 Å². The highest BCUT2D eigenvalue weighted by molar-refractivity contribution is 7.16. The van der Waals surface area contributed by atoms with Crippen LogP contribution in [-0.2, 0) is 4.74 Å². The molecule has 9 nitrogen and oxygen atoms in total. The summed E-state index contributed by atoms with van der Waals surface area (Å²) in [6.45, 7) is 9.07. The van der Waals surface area contributed by atoms with E-state index in [0.29, 0.717) is 5.95 Å². The van der Waals surface area contributed by atoms with Crippen LogP contribution in [0.25, 0.3) is 10.2 Å². The summed E-state index contributed by atoms with van der Waals surface area (Å²) in [5.74, 6) is 2.16. The highest BCUT2D eigenvalue weighted by Crippen LogP contribution is 2.30. The molecule has 160 valence electrons. The van der Waals surface area contributed by atoms with Gasteiger partial charge in [-0.25, -0.2) is 9.78 Å². The summed E-state index contributed by atoms with van der Waals surface area (Å²) in [6, 6.07) is 4.04. The molecule has 0 atom stereocenters. The molecule has 0 saturated carbocycles. The average Bonchev–Trinajstić information content (AvgIpc) is 3.29. The smallest absolute Gasteiger partial charge is 0.407 e. The second-order valence-corrected chi connectivity index (χ2v) is 9.37. The molecule has 0 radical (unpaired) electrons. The van der Waals surface area contributed by atoms with Crippen molar-refractivity contribution in [2.24, 2.45) is 0 Å². The molecule has 0 spiro atoms. The number of anilines is 3. The molecule has 3 aromatic heterocycles. The third-order valence-electron chi connectivity index (χ3n) is 4.76. The number of ether oxygens (including phenoxy) is 1. The van der Waals surface area contributed by atoms with Crippen LogP contribution in [0.5, 0.6) is 0 Å². The maximum atomic E-state index is 12.0. The van der Waals surface area contributed by atoms with Crippen LogP contribution in [0, 0.1) is 6.92 Å². The summed E-state index contributed by atoms with van der Waals surface area (Å²) in [4.78, 5) is 24.7. The molecule has 0 bridgehead atoms. The number of fused-ring (bicyclic) bond motifs is 1. The fourth-order valence-electron chi connectivity index (χ4n) is 3.38. The summed E-state index contributed by atoms with van der Waals surface area (Å²) >= 11 is 1.59. The van der Waals surface area contributed by atoms with E-state index in [2.05, 4.69) is 25.7 Å². The first-order chi connectivity index (χ1) is 14.3. The quantitative estimate of drug-likeness (QED) is 0.576. The number of nitrogens with zero attached hydrogens (tertiary/aromatic N) is 4. The molecule has 3 aromatic rings. The van der Waals surface area contributed by atoms with Crippen molar-refractivity contribution in [3.63, 3.8) is 0 Å². The van der Waals surface area contributed by atoms with Gasteiger partial charge in [0, 0.05) is 30.9 Å². The number of alkyl carbamates (subject to hydrolysis) is 1. The van der Waals surface area contributed by atoms with Crippen LogP contribution in [0.4, 0.5) is 22.4 Å². The lowest BCUT2D eigenvalue weighted by molar-refractivity contribution is 0.0497. The molecule has 10 heteroatoms. The Morgan fingerprint density at radius 1 is 1.30 bits per heavy atom. The van der Waals surface area contributed by atoms with Crippen LogP contribution < -0.4 is 15.5 Å². The van der Waals surface area contributed by atoms with Gasteiger partial charge in [-0.1, -0.05) is 0 Å². The lowest BCUT2D eigenvalue weighted by Crippen LogP contribution is -2.46. The van der Waals surface area contributed by atoms with Gasteiger partial charge in [0.25, 0.3) is 0 Å². The molecule has 4 heterocycles. The molecular weight excluding hydrogens is 402 g/mol. The molecule has 1 saturated heterocycles. The Kier molecular flexibility index (Phi) is 5.50. The number of carbonyl (C=O) groups is 1. The van der Waals surface area contributed by atoms with E-state index in [1.165, 1.54) is 0 Å². The number of hydrogen-bond donors (Lipinski definition) is 3. The highest BCUT2D eigenvalue weighted by atomic mass is 32.1. The molecule has 1 aliphatic heterocycles. The molecule has 30 heavy (non-hydrogen) atoms. The van der Waals surface area contributed by atoms with Crippen LogP contribution in [0.15, 0.2) is 17.5 Å². The minimum atomic E-state index is -0.495. The molecule has 3 N–H and O–H groups in total. The zero-order valence-corrected chi connectivity index (χ0v) is 18.5. The summed E-state index contributed by atoms with van der Waals surface area (Å²) in [5, 5.41) is 16.4. The zero-order valence-electron chi connectivity index (χ0n) is 17.7. The number of H-pyrrole nitrogens is 1. The Labute approximate surface area is 179 Å². The summed E-state index contributed by atoms with van der Waals surface area (Å²) in [6.07, 6.45) is 1.26. The SMILES string of the molecule is Cc1cc(Nc2nc(N3CCC(NC(=O)OC(C)(C)C)CC3)nc3sccc23)n[nH]1. The van der Waals surface area contributed by atoms with Crippen LogP contribution >= 0.6 is 11.3 Å². The van der Waals surface area contributed by atoms with E-state index in [4.69, 9.17) is 14.7 Å². The van der Waals surface area contributed by atoms with Gasteiger partial charge in [-0.15, -0.1) is 11.3 Å². The molecular formula is C20H27N7O2S. The van der Waals surface area contributed by atoms with Crippen molar-refractivity contribution in [3.8, 4) is 0 Å². The van der Waals surface area contributed by atoms with Gasteiger partial charge in [-0.2, -0.15) is 10.1 Å². The van der Waals surface area contributed by atoms with Gasteiger partial charge in [0.15, 0.2) is 5.82 Å². The lowest BCUT2D eigenvalue weighted by atomic mass is 10.1. The van der Waals surface area contributed by atoms with E-state index in [1.807, 2.05) is 45.2 Å². The Hall–Kier alpha value is -2.88. The number of aromatic nitrogens is 4. The monoisotopic (exact) mass is 429 g/mol. The normalized spacial score (nSPS) is 15.4. The second-order valence-electron chi connectivity index (χ2n) is 8.48. The summed E-state index contributed by atoms with van der Waals surface area (Å²) in [5.41, 5.74) is 0.485. The molecule has 0 unspecified atom stereocenters. The minimum absolute atomic E-state index is 0.0891. The van der Waals surface area contributed by atoms with Crippen LogP contribution in [-0.4, -0.2) is 51.0 Å². The topological polar surface area (TPSA) is 108 Å². The standard InChI is InChI=1S/C20H27N7O2S/c1-12-11-15(26-25-12)22-16-14-7-10-30-17(14)24-18(23-16)27-8-5-13(6-9-27)21-19(28)29-20(2,3)4/h7,10-11,13H,5-6,8-9H2,1-4H3,(H,21,28)(H2,22,23,24,25,26). The number of hydrogen-bond acceptors (Lipinski definition) is 8. The summed E-state index contributed by atoms with van der Waals surface area (Å²) in [7, 11) is 0. The summed E-state index contributed by atoms with van der Waals surface area (Å²) < 4.78 is 5.36. The lowest BCUT2D eigenvalue weighted by Gasteiger charge is -2.33. The maximum absolute atomic E-state index is 12.0. The van der Waals surface area contributed by atoms with Crippen molar-refractivity contribution in [2.45, 2.75) is 52.2 Å². The van der Waals surface area contributed by atoms with Crippen molar-refractivity contribution in [2.75, 3.05) is 23.3 Å². The van der Waals surface area contributed by atoms with Gasteiger partial charge in [0.1, 0.15) is 16.2 Å². The fraction of sp³-hybridized carbons (Fsp3) is 0.500. The predicted octanol–water partition coefficient (Wildman–Crippen LogP) is 3.96. The third kappa shape index (κ3) is 4.81. The first-order valence-corrected chi connectivity index (χ1v) is 10.9. The first kappa shape index (κ1) is 20.4. The number of piperidine rings is 1. The van der Waals surface area contributed by atoms with Gasteiger partial charge in [0.05, 0.1) is 5.39 Å². The van der Waals surface area contributed by atoms with Crippen molar-refractivity contribution in [1.82, 2.24) is 25.5 Å². The third-order valence-corrected chi connectivity index (χ3v) is 5.57. The van der Waals surface area contributed by atoms with Crippen molar-refractivity contribution >= 4 is 45.2 Å². The average molecular weight is 430 g/mol. The number of aromatic amines is 1. The predicted molar refractivity (Wildman–Crippen MR) is 119 cm³/mol. The second kappa shape index (κ2) is 8.10. The van der Waals surface area contributed by atoms with Crippen LogP contribution in [0.1, 0.15) is 39.3 Å². The Morgan fingerprint density at radius 2 is 2.07 bits per heavy atom. The van der Waals surface area contributed by atoms with E-state index >= 15 is 0 Å². The fourth-order valence-corrected chi connectivity index (χ4v) is 4.14. The molecule has 4 rings (SSSR count). The van der Waals surface area contributed by atoms with E-state index < -0.39 is 5.60 Å². The molecule has 1 fully saturated rings. The highest BCUT2D eigenvalue weighted by Gasteiger charge is 2.25.